The molecule has 0 spiro atoms. The number of amides is 2. The number of alkyl carbamates (subject to hydrolysis) is 1. The molecule has 0 radical (unpaired) electrons. The zero-order valence-electron chi connectivity index (χ0n) is 20.2. The van der Waals surface area contributed by atoms with E-state index in [1.165, 1.54) is 0 Å². The van der Waals surface area contributed by atoms with Gasteiger partial charge in [0.2, 0.25) is 5.91 Å². The molecule has 1 aliphatic heterocycles. The molecule has 1 aliphatic carbocycles. The largest absolute Gasteiger partial charge is 0.444 e. The van der Waals surface area contributed by atoms with Crippen LogP contribution >= 0.6 is 0 Å². The van der Waals surface area contributed by atoms with Gasteiger partial charge in [-0.25, -0.2) is 4.79 Å². The normalized spacial score (nSPS) is 29.9. The maximum Gasteiger partial charge on any atom is 0.407 e. The van der Waals surface area contributed by atoms with Crippen molar-refractivity contribution in [3.63, 3.8) is 0 Å². The first-order chi connectivity index (χ1) is 13.7. The molecule has 5 unspecified atom stereocenters. The summed E-state index contributed by atoms with van der Waals surface area (Å²) in [5.41, 5.74) is -0.758. The van der Waals surface area contributed by atoms with Gasteiger partial charge >= 0.3 is 6.09 Å². The molecule has 4 N–H and O–H groups in total. The van der Waals surface area contributed by atoms with Crippen molar-refractivity contribution in [3.05, 3.63) is 0 Å². The van der Waals surface area contributed by atoms with Gasteiger partial charge in [0.1, 0.15) is 5.60 Å². The van der Waals surface area contributed by atoms with Gasteiger partial charge in [-0.2, -0.15) is 0 Å². The molecule has 0 aromatic rings. The lowest BCUT2D eigenvalue weighted by molar-refractivity contribution is -0.210. The third kappa shape index (κ3) is 7.41. The van der Waals surface area contributed by atoms with Gasteiger partial charge < -0.3 is 20.6 Å². The van der Waals surface area contributed by atoms with Crippen LogP contribution in [0.1, 0.15) is 87.5 Å². The summed E-state index contributed by atoms with van der Waals surface area (Å²) in [5, 5.41) is 16.1. The van der Waals surface area contributed by atoms with Crippen molar-refractivity contribution in [2.45, 2.75) is 117 Å². The van der Waals surface area contributed by atoms with Crippen LogP contribution < -0.4 is 10.6 Å². The van der Waals surface area contributed by atoms with E-state index in [4.69, 9.17) is 9.94 Å². The van der Waals surface area contributed by atoms with Gasteiger partial charge in [0.05, 0.1) is 11.6 Å². The Morgan fingerprint density at radius 1 is 1.23 bits per heavy atom. The summed E-state index contributed by atoms with van der Waals surface area (Å²) in [6.07, 6.45) is 3.58. The van der Waals surface area contributed by atoms with E-state index < -0.39 is 5.60 Å². The molecule has 5 atom stereocenters. The molecule has 2 fully saturated rings. The molecule has 0 bridgehead atoms. The van der Waals surface area contributed by atoms with Crippen LogP contribution in [0, 0.1) is 17.8 Å². The Kier molecular flexibility index (Phi) is 7.83. The molecule has 1 saturated heterocycles. The van der Waals surface area contributed by atoms with Gasteiger partial charge in [-0.1, -0.05) is 18.9 Å². The smallest absolute Gasteiger partial charge is 0.407 e. The van der Waals surface area contributed by atoms with Gasteiger partial charge in [-0.05, 0) is 85.0 Å². The van der Waals surface area contributed by atoms with Crippen LogP contribution in [0.3, 0.4) is 0 Å². The van der Waals surface area contributed by atoms with Crippen LogP contribution in [0.4, 0.5) is 4.79 Å². The van der Waals surface area contributed by atoms with E-state index in [2.05, 4.69) is 38.3 Å². The summed E-state index contributed by atoms with van der Waals surface area (Å²) in [4.78, 5) is 24.9. The molecule has 7 heteroatoms. The monoisotopic (exact) mass is 426 g/mol. The van der Waals surface area contributed by atoms with Crippen LogP contribution in [-0.2, 0) is 9.53 Å². The highest BCUT2D eigenvalue weighted by Gasteiger charge is 2.46. The van der Waals surface area contributed by atoms with E-state index >= 15 is 0 Å². The molecule has 2 rings (SSSR count). The quantitative estimate of drug-likeness (QED) is 0.611. The Hall–Kier alpha value is -1.34. The third-order valence-corrected chi connectivity index (χ3v) is 6.20. The van der Waals surface area contributed by atoms with Crippen LogP contribution in [0.15, 0.2) is 0 Å². The molecule has 2 aliphatic rings. The maximum atomic E-state index is 12.7. The zero-order valence-corrected chi connectivity index (χ0v) is 20.2. The van der Waals surface area contributed by atoms with Crippen LogP contribution in [0.25, 0.3) is 0 Å². The third-order valence-electron chi connectivity index (χ3n) is 6.20. The van der Waals surface area contributed by atoms with Gasteiger partial charge in [-0.15, -0.1) is 0 Å². The summed E-state index contributed by atoms with van der Waals surface area (Å²) < 4.78 is 5.43. The molecule has 30 heavy (non-hydrogen) atoms. The highest BCUT2D eigenvalue weighted by Crippen LogP contribution is 2.45. The average Bonchev–Trinajstić information content (AvgIpc) is 3.28. The number of carbonyl (C=O) groups excluding carboxylic acids is 2. The van der Waals surface area contributed by atoms with Crippen molar-refractivity contribution < 1.29 is 19.5 Å². The van der Waals surface area contributed by atoms with E-state index in [1.54, 1.807) is 5.06 Å². The summed E-state index contributed by atoms with van der Waals surface area (Å²) in [7, 11) is 0. The number of hydroxylamine groups is 2. The van der Waals surface area contributed by atoms with Crippen LogP contribution in [-0.4, -0.2) is 51.5 Å². The Morgan fingerprint density at radius 3 is 2.40 bits per heavy atom. The fraction of sp³-hybridized carbons (Fsp3) is 0.913. The van der Waals surface area contributed by atoms with Crippen LogP contribution in [0.2, 0.25) is 0 Å². The molecule has 0 aromatic heterocycles. The van der Waals surface area contributed by atoms with Gasteiger partial charge in [0, 0.05) is 18.5 Å². The van der Waals surface area contributed by atoms with Gasteiger partial charge in [0.25, 0.3) is 0 Å². The summed E-state index contributed by atoms with van der Waals surface area (Å²) in [6, 6.07) is 0.289. The fourth-order valence-electron chi connectivity index (χ4n) is 4.84. The molecule has 2 amide bonds. The minimum absolute atomic E-state index is 0.0446. The Labute approximate surface area is 182 Å². The SMILES string of the molecule is CC(C)CC(NC(=O)OC(C)(C)C)C1CC1CC(=O)NC1CC(C)N([OH2+])C(C)(C)C1. The van der Waals surface area contributed by atoms with Crippen molar-refractivity contribution in [1.29, 1.82) is 0 Å². The first-order valence-corrected chi connectivity index (χ1v) is 11.5. The van der Waals surface area contributed by atoms with Crippen molar-refractivity contribution in [3.8, 4) is 0 Å². The number of hydrogen-bond donors (Lipinski definition) is 2. The lowest BCUT2D eigenvalue weighted by atomic mass is 9.85. The number of carbonyl (C=O) groups is 2. The van der Waals surface area contributed by atoms with Gasteiger partial charge in [-0.3, -0.25) is 4.79 Å². The first-order valence-electron chi connectivity index (χ1n) is 11.5. The second-order valence-corrected chi connectivity index (χ2v) is 11.5. The molecule has 7 nitrogen and oxygen atoms in total. The predicted molar refractivity (Wildman–Crippen MR) is 119 cm³/mol. The number of rotatable bonds is 7. The van der Waals surface area contributed by atoms with E-state index in [1.807, 2.05) is 27.7 Å². The lowest BCUT2D eigenvalue weighted by Crippen LogP contribution is -2.57. The number of nitrogens with zero attached hydrogens (tertiary/aromatic N) is 1. The highest BCUT2D eigenvalue weighted by molar-refractivity contribution is 5.77. The molecular formula is C23H44N3O4+. The Balaban J connectivity index is 1.86. The van der Waals surface area contributed by atoms with Crippen LogP contribution in [0.5, 0.6) is 0 Å². The standard InChI is InChI=1S/C23H43N3O4/c1-14(2)9-19(25-21(28)30-22(4,5)6)18-11-16(18)12-20(27)24-17-10-15(3)26(29)23(7,8)13-17/h14-19,29H,9-13H2,1-8H3,(H,24,27)(H,25,28)/p+1. The number of ether oxygens (including phenoxy) is 1. The van der Waals surface area contributed by atoms with E-state index in [0.717, 1.165) is 25.7 Å². The number of hydrogen-bond acceptors (Lipinski definition) is 4. The topological polar surface area (TPSA) is 93.6 Å². The molecule has 174 valence electrons. The minimum atomic E-state index is -0.519. The fourth-order valence-corrected chi connectivity index (χ4v) is 4.84. The number of piperidine rings is 1. The van der Waals surface area contributed by atoms with Crippen molar-refractivity contribution >= 4 is 12.0 Å². The molecule has 0 aromatic carbocycles. The Bertz CT molecular complexity index is 614. The summed E-state index contributed by atoms with van der Waals surface area (Å²) in [6.45, 7) is 16.0. The second-order valence-electron chi connectivity index (χ2n) is 11.5. The second kappa shape index (κ2) is 9.43. The first kappa shape index (κ1) is 24.9. The lowest BCUT2D eigenvalue weighted by Gasteiger charge is -2.42. The summed E-state index contributed by atoms with van der Waals surface area (Å²) in [5.74, 6) is 1.19. The van der Waals surface area contributed by atoms with Crippen molar-refractivity contribution in [2.75, 3.05) is 0 Å². The van der Waals surface area contributed by atoms with E-state index in [-0.39, 0.29) is 35.7 Å². The highest BCUT2D eigenvalue weighted by atomic mass is 16.6. The maximum absolute atomic E-state index is 12.7. The average molecular weight is 427 g/mol. The predicted octanol–water partition coefficient (Wildman–Crippen LogP) is 3.34. The minimum Gasteiger partial charge on any atom is -0.444 e. The molecular weight excluding hydrogens is 382 g/mol. The van der Waals surface area contributed by atoms with Crippen molar-refractivity contribution in [1.82, 2.24) is 15.7 Å². The van der Waals surface area contributed by atoms with E-state index in [0.29, 0.717) is 24.2 Å². The zero-order chi connectivity index (χ0) is 22.9. The Morgan fingerprint density at radius 2 is 1.87 bits per heavy atom. The van der Waals surface area contributed by atoms with Crippen molar-refractivity contribution in [2.24, 2.45) is 17.8 Å². The molecule has 1 heterocycles. The van der Waals surface area contributed by atoms with E-state index in [9.17, 15) is 9.59 Å². The number of nitrogens with one attached hydrogen (secondary N) is 2. The van der Waals surface area contributed by atoms with Gasteiger partial charge in [0.15, 0.2) is 0 Å². The molecule has 1 saturated carbocycles. The summed E-state index contributed by atoms with van der Waals surface area (Å²) >= 11 is 0.